The van der Waals surface area contributed by atoms with Crippen molar-refractivity contribution in [2.45, 2.75) is 19.6 Å². The van der Waals surface area contributed by atoms with E-state index in [4.69, 9.17) is 32.2 Å². The van der Waals surface area contributed by atoms with Crippen LogP contribution in [0.25, 0.3) is 0 Å². The van der Waals surface area contributed by atoms with E-state index in [1.807, 2.05) is 0 Å². The largest absolute Gasteiger partial charge is 0.368 e. The smallest absolute Gasteiger partial charge is 0.357 e. The maximum Gasteiger partial charge on any atom is 0.357 e. The van der Waals surface area contributed by atoms with Gasteiger partial charge in [-0.05, 0) is 49.7 Å². The van der Waals surface area contributed by atoms with E-state index in [9.17, 15) is 14.7 Å². The minimum Gasteiger partial charge on any atom is -0.368 e. The summed E-state index contributed by atoms with van der Waals surface area (Å²) < 4.78 is 24.3. The van der Waals surface area contributed by atoms with Crippen molar-refractivity contribution in [3.8, 4) is 0 Å². The Morgan fingerprint density at radius 1 is 1.07 bits per heavy atom. The Morgan fingerprint density at radius 3 is 2.04 bits per heavy atom. The lowest BCUT2D eigenvalue weighted by atomic mass is 10.2. The lowest BCUT2D eigenvalue weighted by Gasteiger charge is -2.28. The van der Waals surface area contributed by atoms with Crippen molar-refractivity contribution in [3.05, 3.63) is 68.2 Å². The van der Waals surface area contributed by atoms with Gasteiger partial charge in [0.25, 0.3) is 5.69 Å². The summed E-state index contributed by atoms with van der Waals surface area (Å²) in [5, 5.41) is 14.8. The summed E-state index contributed by atoms with van der Waals surface area (Å²) in [4.78, 5) is 10.4. The molecule has 1 unspecified atom stereocenters. The van der Waals surface area contributed by atoms with Crippen LogP contribution < -0.4 is 5.32 Å². The standard InChI is InChI=1S/C17H19Cl2N2O5P/c1-3-25-27(24,26-4-2)17(12-5-7-16(8-6-12)21(22)23)20-15-10-13(18)9-14(19)11-15/h5-11,17,20H,3-4H2,1-2H3. The number of benzene rings is 2. The summed E-state index contributed by atoms with van der Waals surface area (Å²) in [6.45, 7) is 3.74. The quantitative estimate of drug-likeness (QED) is 0.284. The van der Waals surface area contributed by atoms with Crippen molar-refractivity contribution in [1.29, 1.82) is 0 Å². The van der Waals surface area contributed by atoms with Crippen LogP contribution in [0.2, 0.25) is 10.0 Å². The van der Waals surface area contributed by atoms with E-state index in [2.05, 4.69) is 5.32 Å². The fraction of sp³-hybridized carbons (Fsp3) is 0.294. The van der Waals surface area contributed by atoms with Crippen molar-refractivity contribution in [2.24, 2.45) is 0 Å². The molecule has 0 aliphatic heterocycles. The third-order valence-corrected chi connectivity index (χ3v) is 6.25. The van der Waals surface area contributed by atoms with Crippen molar-refractivity contribution in [2.75, 3.05) is 18.5 Å². The number of non-ortho nitro benzene ring substituents is 1. The van der Waals surface area contributed by atoms with E-state index >= 15 is 0 Å². The second-order valence-corrected chi connectivity index (χ2v) is 8.41. The lowest BCUT2D eigenvalue weighted by Crippen LogP contribution is -2.15. The first kappa shape index (κ1) is 21.7. The Hall–Kier alpha value is -1.63. The van der Waals surface area contributed by atoms with Crippen molar-refractivity contribution in [3.63, 3.8) is 0 Å². The van der Waals surface area contributed by atoms with E-state index in [1.54, 1.807) is 32.0 Å². The highest BCUT2D eigenvalue weighted by Gasteiger charge is 2.37. The highest BCUT2D eigenvalue weighted by atomic mass is 35.5. The summed E-state index contributed by atoms with van der Waals surface area (Å²) in [6.07, 6.45) is 0. The van der Waals surface area contributed by atoms with Gasteiger partial charge in [-0.25, -0.2) is 0 Å². The van der Waals surface area contributed by atoms with Gasteiger partial charge < -0.3 is 14.4 Å². The third kappa shape index (κ3) is 5.67. The topological polar surface area (TPSA) is 90.7 Å². The number of rotatable bonds is 9. The molecule has 2 rings (SSSR count). The van der Waals surface area contributed by atoms with Crippen molar-refractivity contribution < 1.29 is 18.5 Å². The first-order valence-corrected chi connectivity index (χ1v) is 10.5. The number of halogens is 2. The van der Waals surface area contributed by atoms with E-state index in [0.717, 1.165) is 0 Å². The fourth-order valence-corrected chi connectivity index (χ4v) is 4.93. The average molecular weight is 433 g/mol. The molecule has 7 nitrogen and oxygen atoms in total. The summed E-state index contributed by atoms with van der Waals surface area (Å²) in [7, 11) is -3.65. The molecule has 0 heterocycles. The number of anilines is 1. The Bertz CT molecular complexity index is 817. The molecule has 0 fully saturated rings. The number of nitro benzene ring substituents is 1. The van der Waals surface area contributed by atoms with Gasteiger partial charge in [0.15, 0.2) is 5.78 Å². The zero-order chi connectivity index (χ0) is 20.0. The maximum atomic E-state index is 13.4. The van der Waals surface area contributed by atoms with E-state index < -0.39 is 18.3 Å². The maximum absolute atomic E-state index is 13.4. The molecule has 0 bridgehead atoms. The minimum absolute atomic E-state index is 0.0778. The molecular formula is C17H19Cl2N2O5P. The molecule has 1 atom stereocenters. The van der Waals surface area contributed by atoms with Crippen LogP contribution in [0.3, 0.4) is 0 Å². The molecule has 2 aromatic rings. The van der Waals surface area contributed by atoms with Crippen LogP contribution >= 0.6 is 30.8 Å². The van der Waals surface area contributed by atoms with Crippen LogP contribution in [0.1, 0.15) is 25.2 Å². The zero-order valence-electron chi connectivity index (χ0n) is 14.7. The van der Waals surface area contributed by atoms with Gasteiger partial charge in [-0.3, -0.25) is 14.7 Å². The Balaban J connectivity index is 2.49. The molecule has 1 N–H and O–H groups in total. The van der Waals surface area contributed by atoms with Gasteiger partial charge in [0, 0.05) is 27.9 Å². The van der Waals surface area contributed by atoms with Crippen molar-refractivity contribution >= 4 is 42.2 Å². The van der Waals surface area contributed by atoms with Gasteiger partial charge in [0.1, 0.15) is 0 Å². The first-order valence-electron chi connectivity index (χ1n) is 8.14. The molecule has 0 aliphatic rings. The highest BCUT2D eigenvalue weighted by molar-refractivity contribution is 7.54. The number of nitro groups is 1. The van der Waals surface area contributed by atoms with Gasteiger partial charge in [-0.2, -0.15) is 0 Å². The molecule has 146 valence electrons. The number of nitrogens with one attached hydrogen (secondary N) is 1. The second-order valence-electron chi connectivity index (χ2n) is 5.43. The molecule has 0 saturated heterocycles. The van der Waals surface area contributed by atoms with E-state index in [0.29, 0.717) is 21.3 Å². The van der Waals surface area contributed by atoms with Crippen LogP contribution in [0.4, 0.5) is 11.4 Å². The molecule has 0 radical (unpaired) electrons. The molecule has 0 aromatic heterocycles. The molecule has 0 aliphatic carbocycles. The van der Waals surface area contributed by atoms with E-state index in [-0.39, 0.29) is 18.9 Å². The summed E-state index contributed by atoms with van der Waals surface area (Å²) in [5.74, 6) is -0.910. The number of nitrogens with zero attached hydrogens (tertiary/aromatic N) is 1. The Morgan fingerprint density at radius 2 is 1.59 bits per heavy atom. The third-order valence-electron chi connectivity index (χ3n) is 3.52. The van der Waals surface area contributed by atoms with Crippen LogP contribution in [-0.4, -0.2) is 18.1 Å². The Labute approximate surface area is 167 Å². The van der Waals surface area contributed by atoms with E-state index in [1.165, 1.54) is 24.3 Å². The normalized spacial score (nSPS) is 12.6. The molecule has 0 saturated carbocycles. The molecule has 0 amide bonds. The second kappa shape index (κ2) is 9.53. The van der Waals surface area contributed by atoms with Crippen LogP contribution in [-0.2, 0) is 13.6 Å². The minimum atomic E-state index is -3.65. The average Bonchev–Trinajstić information content (AvgIpc) is 2.59. The van der Waals surface area contributed by atoms with Gasteiger partial charge in [-0.1, -0.05) is 23.2 Å². The molecule has 2 aromatic carbocycles. The number of hydrogen-bond acceptors (Lipinski definition) is 6. The molecule has 0 spiro atoms. The Kier molecular flexibility index (Phi) is 7.65. The summed E-state index contributed by atoms with van der Waals surface area (Å²) in [6, 6.07) is 10.5. The molecule has 10 heteroatoms. The van der Waals surface area contributed by atoms with Crippen LogP contribution in [0.5, 0.6) is 0 Å². The molecular weight excluding hydrogens is 414 g/mol. The predicted octanol–water partition coefficient (Wildman–Crippen LogP) is 6.28. The van der Waals surface area contributed by atoms with Gasteiger partial charge in [0.2, 0.25) is 0 Å². The van der Waals surface area contributed by atoms with Gasteiger partial charge in [0.05, 0.1) is 18.1 Å². The molecule has 27 heavy (non-hydrogen) atoms. The SMILES string of the molecule is CCOP(=O)(OCC)C(Nc1cc(Cl)cc(Cl)c1)c1ccc([N+](=O)[O-])cc1. The monoisotopic (exact) mass is 432 g/mol. The highest BCUT2D eigenvalue weighted by Crippen LogP contribution is 2.61. The van der Waals surface area contributed by atoms with Gasteiger partial charge in [-0.15, -0.1) is 0 Å². The lowest BCUT2D eigenvalue weighted by molar-refractivity contribution is -0.384. The van der Waals surface area contributed by atoms with Crippen molar-refractivity contribution in [1.82, 2.24) is 0 Å². The summed E-state index contributed by atoms with van der Waals surface area (Å²) >= 11 is 12.1. The number of hydrogen-bond donors (Lipinski definition) is 1. The predicted molar refractivity (Wildman–Crippen MR) is 107 cm³/mol. The fourth-order valence-electron chi connectivity index (χ4n) is 2.46. The van der Waals surface area contributed by atoms with Crippen LogP contribution in [0.15, 0.2) is 42.5 Å². The zero-order valence-corrected chi connectivity index (χ0v) is 17.1. The van der Waals surface area contributed by atoms with Gasteiger partial charge >= 0.3 is 7.60 Å². The van der Waals surface area contributed by atoms with Crippen LogP contribution in [0, 0.1) is 10.1 Å². The summed E-state index contributed by atoms with van der Waals surface area (Å²) in [5.41, 5.74) is 0.934. The first-order chi connectivity index (χ1) is 12.8.